The maximum absolute atomic E-state index is 11.8. The lowest BCUT2D eigenvalue weighted by Crippen LogP contribution is -2.32. The lowest BCUT2D eigenvalue weighted by Gasteiger charge is -2.05. The lowest BCUT2D eigenvalue weighted by atomic mass is 10.1. The molecule has 5 nitrogen and oxygen atoms in total. The Hall–Kier alpha value is -1.88. The molecule has 5 heteroatoms. The second-order valence-electron chi connectivity index (χ2n) is 3.67. The van der Waals surface area contributed by atoms with Crippen LogP contribution < -0.4 is 17.0 Å². The molecule has 84 valence electrons. The standard InChI is InChI=1S/C11H13N3O2/c1-14-10(15)8-4-2-3-7(5-6-12)9(8)13-11(14)16/h2-4H,5-6,12H2,1H3,(H,13,16). The van der Waals surface area contributed by atoms with Crippen molar-refractivity contribution >= 4 is 10.9 Å². The van der Waals surface area contributed by atoms with Crippen LogP contribution >= 0.6 is 0 Å². The van der Waals surface area contributed by atoms with Crippen LogP contribution in [0.4, 0.5) is 0 Å². The Kier molecular flexibility index (Phi) is 2.62. The van der Waals surface area contributed by atoms with Gasteiger partial charge >= 0.3 is 5.69 Å². The fraction of sp³-hybridized carbons (Fsp3) is 0.273. The third-order valence-corrected chi connectivity index (χ3v) is 2.64. The minimum absolute atomic E-state index is 0.280. The molecule has 0 unspecified atom stereocenters. The van der Waals surface area contributed by atoms with Crippen molar-refractivity contribution in [3.8, 4) is 0 Å². The van der Waals surface area contributed by atoms with Crippen LogP contribution in [0.25, 0.3) is 10.9 Å². The van der Waals surface area contributed by atoms with Gasteiger partial charge in [0.05, 0.1) is 10.9 Å². The molecule has 1 aromatic carbocycles. The number of H-pyrrole nitrogens is 1. The second kappa shape index (κ2) is 3.94. The first-order valence-electron chi connectivity index (χ1n) is 5.06. The first kappa shape index (κ1) is 10.6. The van der Waals surface area contributed by atoms with Crippen LogP contribution in [0.2, 0.25) is 0 Å². The van der Waals surface area contributed by atoms with Crippen LogP contribution in [-0.4, -0.2) is 16.1 Å². The normalized spacial score (nSPS) is 10.9. The van der Waals surface area contributed by atoms with Crippen molar-refractivity contribution < 1.29 is 0 Å². The van der Waals surface area contributed by atoms with Crippen LogP contribution in [0, 0.1) is 0 Å². The molecule has 1 aromatic heterocycles. The molecular formula is C11H13N3O2. The maximum Gasteiger partial charge on any atom is 0.328 e. The number of nitrogens with two attached hydrogens (primary N) is 1. The number of para-hydroxylation sites is 1. The average Bonchev–Trinajstić information content (AvgIpc) is 2.28. The summed E-state index contributed by atoms with van der Waals surface area (Å²) in [5.74, 6) is 0. The Morgan fingerprint density at radius 2 is 2.12 bits per heavy atom. The first-order chi connectivity index (χ1) is 7.65. The van der Waals surface area contributed by atoms with E-state index < -0.39 is 5.69 Å². The molecule has 0 radical (unpaired) electrons. The van der Waals surface area contributed by atoms with Gasteiger partial charge < -0.3 is 10.7 Å². The fourth-order valence-corrected chi connectivity index (χ4v) is 1.75. The van der Waals surface area contributed by atoms with Crippen molar-refractivity contribution in [2.45, 2.75) is 6.42 Å². The van der Waals surface area contributed by atoms with Crippen LogP contribution in [-0.2, 0) is 13.5 Å². The molecule has 3 N–H and O–H groups in total. The van der Waals surface area contributed by atoms with Gasteiger partial charge in [0.15, 0.2) is 0 Å². The molecule has 0 bridgehead atoms. The van der Waals surface area contributed by atoms with E-state index in [0.29, 0.717) is 23.9 Å². The highest BCUT2D eigenvalue weighted by molar-refractivity contribution is 5.80. The SMILES string of the molecule is Cn1c(=O)[nH]c2c(CCN)cccc2c1=O. The zero-order valence-electron chi connectivity index (χ0n) is 8.99. The molecule has 0 saturated heterocycles. The van der Waals surface area contributed by atoms with E-state index >= 15 is 0 Å². The summed E-state index contributed by atoms with van der Waals surface area (Å²) in [4.78, 5) is 26.0. The number of hydrogen-bond donors (Lipinski definition) is 2. The summed E-state index contributed by atoms with van der Waals surface area (Å²) in [5, 5.41) is 0.521. The van der Waals surface area contributed by atoms with Crippen LogP contribution in [0.3, 0.4) is 0 Å². The minimum Gasteiger partial charge on any atom is -0.330 e. The van der Waals surface area contributed by atoms with Gasteiger partial charge in [0.25, 0.3) is 5.56 Å². The number of rotatable bonds is 2. The molecule has 0 aliphatic carbocycles. The number of aromatic amines is 1. The van der Waals surface area contributed by atoms with Crippen molar-refractivity contribution in [3.05, 3.63) is 44.6 Å². The van der Waals surface area contributed by atoms with Gasteiger partial charge in [-0.2, -0.15) is 0 Å². The number of benzene rings is 1. The van der Waals surface area contributed by atoms with Gasteiger partial charge in [-0.25, -0.2) is 4.79 Å². The maximum atomic E-state index is 11.8. The summed E-state index contributed by atoms with van der Waals surface area (Å²) in [6.45, 7) is 0.482. The summed E-state index contributed by atoms with van der Waals surface area (Å²) >= 11 is 0. The number of aromatic nitrogens is 2. The summed E-state index contributed by atoms with van der Waals surface area (Å²) in [5.41, 5.74) is 6.30. The van der Waals surface area contributed by atoms with E-state index in [1.807, 2.05) is 6.07 Å². The Bertz CT molecular complexity index is 640. The molecule has 2 rings (SSSR count). The Labute approximate surface area is 91.5 Å². The van der Waals surface area contributed by atoms with Gasteiger partial charge in [-0.1, -0.05) is 12.1 Å². The Morgan fingerprint density at radius 3 is 2.81 bits per heavy atom. The molecule has 0 fully saturated rings. The van der Waals surface area contributed by atoms with E-state index in [-0.39, 0.29) is 5.56 Å². The summed E-state index contributed by atoms with van der Waals surface area (Å²) in [6.07, 6.45) is 0.639. The highest BCUT2D eigenvalue weighted by Gasteiger charge is 2.07. The van der Waals surface area contributed by atoms with Crippen LogP contribution in [0.15, 0.2) is 27.8 Å². The zero-order chi connectivity index (χ0) is 11.7. The van der Waals surface area contributed by atoms with E-state index in [1.54, 1.807) is 12.1 Å². The first-order valence-corrected chi connectivity index (χ1v) is 5.06. The van der Waals surface area contributed by atoms with Crippen molar-refractivity contribution in [3.63, 3.8) is 0 Å². The molecule has 0 saturated carbocycles. The average molecular weight is 219 g/mol. The Balaban J connectivity index is 2.90. The Morgan fingerprint density at radius 1 is 1.38 bits per heavy atom. The number of nitrogens with zero attached hydrogens (tertiary/aromatic N) is 1. The van der Waals surface area contributed by atoms with E-state index in [1.165, 1.54) is 7.05 Å². The van der Waals surface area contributed by atoms with Gasteiger partial charge in [-0.15, -0.1) is 0 Å². The van der Waals surface area contributed by atoms with E-state index in [0.717, 1.165) is 10.1 Å². The summed E-state index contributed by atoms with van der Waals surface area (Å²) < 4.78 is 1.06. The lowest BCUT2D eigenvalue weighted by molar-refractivity contribution is 0.792. The highest BCUT2D eigenvalue weighted by atomic mass is 16.2. The molecule has 1 heterocycles. The monoisotopic (exact) mass is 219 g/mol. The topological polar surface area (TPSA) is 80.9 Å². The van der Waals surface area contributed by atoms with Crippen molar-refractivity contribution in [1.82, 2.24) is 9.55 Å². The molecule has 0 spiro atoms. The largest absolute Gasteiger partial charge is 0.330 e. The second-order valence-corrected chi connectivity index (χ2v) is 3.67. The van der Waals surface area contributed by atoms with Crippen molar-refractivity contribution in [2.75, 3.05) is 6.54 Å². The molecule has 16 heavy (non-hydrogen) atoms. The van der Waals surface area contributed by atoms with Crippen molar-refractivity contribution in [2.24, 2.45) is 12.8 Å². The van der Waals surface area contributed by atoms with Gasteiger partial charge in [0.1, 0.15) is 0 Å². The quantitative estimate of drug-likeness (QED) is 0.729. The van der Waals surface area contributed by atoms with E-state index in [4.69, 9.17) is 5.73 Å². The van der Waals surface area contributed by atoms with Crippen LogP contribution in [0.5, 0.6) is 0 Å². The molecule has 2 aromatic rings. The number of hydrogen-bond acceptors (Lipinski definition) is 3. The van der Waals surface area contributed by atoms with Crippen molar-refractivity contribution in [1.29, 1.82) is 0 Å². The van der Waals surface area contributed by atoms with Gasteiger partial charge in [-0.3, -0.25) is 9.36 Å². The van der Waals surface area contributed by atoms with Gasteiger partial charge in [0.2, 0.25) is 0 Å². The predicted molar refractivity (Wildman–Crippen MR) is 62.6 cm³/mol. The third kappa shape index (κ3) is 1.55. The molecule has 0 aliphatic heterocycles. The van der Waals surface area contributed by atoms with Gasteiger partial charge in [-0.05, 0) is 24.6 Å². The van der Waals surface area contributed by atoms with Gasteiger partial charge in [0, 0.05) is 7.05 Å². The third-order valence-electron chi connectivity index (χ3n) is 2.64. The molecule has 0 amide bonds. The smallest absolute Gasteiger partial charge is 0.328 e. The summed E-state index contributed by atoms with van der Waals surface area (Å²) in [7, 11) is 1.45. The highest BCUT2D eigenvalue weighted by Crippen LogP contribution is 2.11. The molecule has 0 aliphatic rings. The predicted octanol–water partition coefficient (Wildman–Crippen LogP) is -0.272. The molecular weight excluding hydrogens is 206 g/mol. The number of nitrogens with one attached hydrogen (secondary N) is 1. The van der Waals surface area contributed by atoms with E-state index in [9.17, 15) is 9.59 Å². The fourth-order valence-electron chi connectivity index (χ4n) is 1.75. The minimum atomic E-state index is -0.401. The zero-order valence-corrected chi connectivity index (χ0v) is 8.99. The summed E-state index contributed by atoms with van der Waals surface area (Å²) in [6, 6.07) is 5.37. The number of fused-ring (bicyclic) bond motifs is 1. The van der Waals surface area contributed by atoms with Crippen LogP contribution in [0.1, 0.15) is 5.56 Å². The molecule has 0 atom stereocenters. The van der Waals surface area contributed by atoms with E-state index in [2.05, 4.69) is 4.98 Å².